The van der Waals surface area contributed by atoms with Crippen LogP contribution in [0.15, 0.2) is 23.1 Å². The lowest BCUT2D eigenvalue weighted by Crippen LogP contribution is -2.32. The Labute approximate surface area is 108 Å². The summed E-state index contributed by atoms with van der Waals surface area (Å²) in [6.45, 7) is 4.21. The fourth-order valence-corrected chi connectivity index (χ4v) is 2.90. The Morgan fingerprint density at radius 3 is 2.39 bits per heavy atom. The average Bonchev–Trinajstić information content (AvgIpc) is 2.28. The van der Waals surface area contributed by atoms with Gasteiger partial charge >= 0.3 is 0 Å². The van der Waals surface area contributed by atoms with Gasteiger partial charge in [0.05, 0.1) is 5.69 Å². The van der Waals surface area contributed by atoms with Gasteiger partial charge < -0.3 is 10.6 Å². The van der Waals surface area contributed by atoms with Gasteiger partial charge in [-0.3, -0.25) is 0 Å². The molecular formula is C12H19N3O2S. The number of primary sulfonamides is 1. The van der Waals surface area contributed by atoms with Gasteiger partial charge in [-0.1, -0.05) is 6.92 Å². The zero-order valence-electron chi connectivity index (χ0n) is 10.5. The molecule has 0 amide bonds. The van der Waals surface area contributed by atoms with Gasteiger partial charge in [0.1, 0.15) is 4.90 Å². The van der Waals surface area contributed by atoms with Gasteiger partial charge in [0.2, 0.25) is 10.0 Å². The van der Waals surface area contributed by atoms with Crippen LogP contribution in [0.2, 0.25) is 0 Å². The third-order valence-corrected chi connectivity index (χ3v) is 4.43. The van der Waals surface area contributed by atoms with Gasteiger partial charge in [0.15, 0.2) is 0 Å². The molecule has 0 saturated carbocycles. The van der Waals surface area contributed by atoms with Crippen molar-refractivity contribution in [1.82, 2.24) is 0 Å². The maximum Gasteiger partial charge on any atom is 0.240 e. The van der Waals surface area contributed by atoms with Gasteiger partial charge in [-0.05, 0) is 37.0 Å². The summed E-state index contributed by atoms with van der Waals surface area (Å²) in [6, 6.07) is 4.94. The van der Waals surface area contributed by atoms with E-state index in [9.17, 15) is 8.42 Å². The molecule has 1 aromatic rings. The molecule has 18 heavy (non-hydrogen) atoms. The van der Waals surface area contributed by atoms with Gasteiger partial charge in [0.25, 0.3) is 0 Å². The molecule has 0 radical (unpaired) electrons. The second-order valence-corrected chi connectivity index (χ2v) is 6.47. The van der Waals surface area contributed by atoms with Crippen LogP contribution in [0.3, 0.4) is 0 Å². The first-order valence-corrected chi connectivity index (χ1v) is 7.60. The maximum absolute atomic E-state index is 11.3. The topological polar surface area (TPSA) is 89.4 Å². The number of anilines is 2. The summed E-state index contributed by atoms with van der Waals surface area (Å²) in [5.41, 5.74) is 6.94. The molecule has 2 rings (SSSR count). The summed E-state index contributed by atoms with van der Waals surface area (Å²) in [7, 11) is -3.73. The van der Waals surface area contributed by atoms with Crippen molar-refractivity contribution in [3.63, 3.8) is 0 Å². The standard InChI is InChI=1S/C12H19N3O2S/c1-9-4-6-15(7-5-9)10-2-3-12(11(13)8-10)18(14,16)17/h2-3,8-9H,4-7,13H2,1H3,(H2,14,16,17). The molecule has 5 nitrogen and oxygen atoms in total. The first kappa shape index (κ1) is 13.2. The number of nitrogens with two attached hydrogens (primary N) is 2. The highest BCUT2D eigenvalue weighted by molar-refractivity contribution is 7.89. The van der Waals surface area contributed by atoms with E-state index in [0.717, 1.165) is 37.5 Å². The number of sulfonamides is 1. The van der Waals surface area contributed by atoms with Crippen LogP contribution in [-0.2, 0) is 10.0 Å². The van der Waals surface area contributed by atoms with Crippen molar-refractivity contribution in [2.75, 3.05) is 23.7 Å². The van der Waals surface area contributed by atoms with E-state index in [0.29, 0.717) is 0 Å². The molecule has 0 aliphatic carbocycles. The fraction of sp³-hybridized carbons (Fsp3) is 0.500. The smallest absolute Gasteiger partial charge is 0.240 e. The number of hydrogen-bond donors (Lipinski definition) is 2. The Morgan fingerprint density at radius 2 is 1.89 bits per heavy atom. The first-order chi connectivity index (χ1) is 8.38. The lowest BCUT2D eigenvalue weighted by atomic mass is 9.99. The number of piperidine rings is 1. The van der Waals surface area contributed by atoms with Crippen molar-refractivity contribution in [2.45, 2.75) is 24.7 Å². The molecule has 0 bridgehead atoms. The molecule has 1 fully saturated rings. The average molecular weight is 269 g/mol. The minimum absolute atomic E-state index is 0.00312. The largest absolute Gasteiger partial charge is 0.398 e. The molecule has 0 aromatic heterocycles. The van der Waals surface area contributed by atoms with E-state index >= 15 is 0 Å². The number of nitrogens with zero attached hydrogens (tertiary/aromatic N) is 1. The highest BCUT2D eigenvalue weighted by Gasteiger charge is 2.18. The third-order valence-electron chi connectivity index (χ3n) is 3.45. The van der Waals surface area contributed by atoms with E-state index in [4.69, 9.17) is 10.9 Å². The molecule has 0 unspecified atom stereocenters. The molecule has 1 aliphatic heterocycles. The number of nitrogen functional groups attached to an aromatic ring is 1. The molecule has 1 heterocycles. The molecule has 0 spiro atoms. The molecule has 1 saturated heterocycles. The van der Waals surface area contributed by atoms with Crippen LogP contribution in [0.5, 0.6) is 0 Å². The quantitative estimate of drug-likeness (QED) is 0.788. The van der Waals surface area contributed by atoms with Gasteiger partial charge in [0, 0.05) is 18.8 Å². The number of rotatable bonds is 2. The van der Waals surface area contributed by atoms with Crippen molar-refractivity contribution < 1.29 is 8.42 Å². The van der Waals surface area contributed by atoms with E-state index < -0.39 is 10.0 Å². The van der Waals surface area contributed by atoms with Crippen LogP contribution in [0, 0.1) is 5.92 Å². The molecule has 6 heteroatoms. The minimum atomic E-state index is -3.73. The van der Waals surface area contributed by atoms with Crippen LogP contribution in [0.25, 0.3) is 0 Å². The molecule has 100 valence electrons. The summed E-state index contributed by atoms with van der Waals surface area (Å²) >= 11 is 0. The van der Waals surface area contributed by atoms with Crippen molar-refractivity contribution in [1.29, 1.82) is 0 Å². The molecule has 1 aliphatic rings. The van der Waals surface area contributed by atoms with Crippen LogP contribution < -0.4 is 15.8 Å². The van der Waals surface area contributed by atoms with Crippen LogP contribution in [0.4, 0.5) is 11.4 Å². The highest BCUT2D eigenvalue weighted by Crippen LogP contribution is 2.27. The van der Waals surface area contributed by atoms with Crippen molar-refractivity contribution in [3.05, 3.63) is 18.2 Å². The van der Waals surface area contributed by atoms with Crippen molar-refractivity contribution in [3.8, 4) is 0 Å². The SMILES string of the molecule is CC1CCN(c2ccc(S(N)(=O)=O)c(N)c2)CC1. The Bertz CT molecular complexity index is 534. The summed E-state index contributed by atoms with van der Waals surface area (Å²) in [5, 5.41) is 5.08. The van der Waals surface area contributed by atoms with Crippen LogP contribution in [0.1, 0.15) is 19.8 Å². The zero-order valence-corrected chi connectivity index (χ0v) is 11.3. The molecule has 0 atom stereocenters. The van der Waals surface area contributed by atoms with E-state index in [2.05, 4.69) is 11.8 Å². The Morgan fingerprint density at radius 1 is 1.28 bits per heavy atom. The first-order valence-electron chi connectivity index (χ1n) is 6.05. The summed E-state index contributed by atoms with van der Waals surface area (Å²) in [5.74, 6) is 0.752. The molecular weight excluding hydrogens is 250 g/mol. The fourth-order valence-electron chi connectivity index (χ4n) is 2.26. The van der Waals surface area contributed by atoms with Gasteiger partial charge in [-0.15, -0.1) is 0 Å². The van der Waals surface area contributed by atoms with E-state index in [1.54, 1.807) is 12.1 Å². The van der Waals surface area contributed by atoms with E-state index in [1.165, 1.54) is 6.07 Å². The highest BCUT2D eigenvalue weighted by atomic mass is 32.2. The monoisotopic (exact) mass is 269 g/mol. The predicted octanol–water partition coefficient (Wildman–Crippen LogP) is 1.15. The summed E-state index contributed by atoms with van der Waals surface area (Å²) in [4.78, 5) is 2.22. The zero-order chi connectivity index (χ0) is 13.3. The number of benzene rings is 1. The normalized spacial score (nSPS) is 18.0. The second-order valence-electron chi connectivity index (χ2n) is 4.94. The van der Waals surface area contributed by atoms with Crippen LogP contribution in [-0.4, -0.2) is 21.5 Å². The van der Waals surface area contributed by atoms with E-state index in [1.807, 2.05) is 0 Å². The Hall–Kier alpha value is -1.27. The number of hydrogen-bond acceptors (Lipinski definition) is 4. The molecule has 4 N–H and O–H groups in total. The Kier molecular flexibility index (Phi) is 3.49. The summed E-state index contributed by atoms with van der Waals surface area (Å²) in [6.07, 6.45) is 2.30. The molecule has 1 aromatic carbocycles. The second kappa shape index (κ2) is 4.78. The Balaban J connectivity index is 2.24. The van der Waals surface area contributed by atoms with E-state index in [-0.39, 0.29) is 10.6 Å². The predicted molar refractivity (Wildman–Crippen MR) is 72.8 cm³/mol. The van der Waals surface area contributed by atoms with Crippen LogP contribution >= 0.6 is 0 Å². The minimum Gasteiger partial charge on any atom is -0.398 e. The lowest BCUT2D eigenvalue weighted by Gasteiger charge is -2.32. The van der Waals surface area contributed by atoms with Crippen molar-refractivity contribution in [2.24, 2.45) is 11.1 Å². The maximum atomic E-state index is 11.3. The lowest BCUT2D eigenvalue weighted by molar-refractivity contribution is 0.438. The summed E-state index contributed by atoms with van der Waals surface area (Å²) < 4.78 is 22.5. The van der Waals surface area contributed by atoms with Crippen molar-refractivity contribution >= 4 is 21.4 Å². The third kappa shape index (κ3) is 2.76. The van der Waals surface area contributed by atoms with Gasteiger partial charge in [-0.25, -0.2) is 13.6 Å². The van der Waals surface area contributed by atoms with Gasteiger partial charge in [-0.2, -0.15) is 0 Å².